The van der Waals surface area contributed by atoms with Crippen molar-refractivity contribution in [3.63, 3.8) is 0 Å². The Morgan fingerprint density at radius 3 is 2.83 bits per heavy atom. The monoisotopic (exact) mass is 266 g/mol. The van der Waals surface area contributed by atoms with Crippen LogP contribution in [-0.2, 0) is 25.1 Å². The first-order valence-corrected chi connectivity index (χ1v) is 5.84. The van der Waals surface area contributed by atoms with Crippen molar-refractivity contribution in [3.8, 4) is 5.75 Å². The molecule has 0 radical (unpaired) electrons. The second-order valence-electron chi connectivity index (χ2n) is 3.31. The van der Waals surface area contributed by atoms with Crippen molar-refractivity contribution in [2.75, 3.05) is 0 Å². The van der Waals surface area contributed by atoms with Crippen LogP contribution in [0.3, 0.4) is 0 Å². The van der Waals surface area contributed by atoms with E-state index in [0.717, 1.165) is 11.6 Å². The van der Waals surface area contributed by atoms with Crippen LogP contribution in [0.1, 0.15) is 12.0 Å². The maximum absolute atomic E-state index is 11.0. The molecule has 5 nitrogen and oxygen atoms in total. The van der Waals surface area contributed by atoms with Gasteiger partial charge in [-0.05, 0) is 24.1 Å². The number of ether oxygens (including phenoxy) is 1. The second-order valence-corrected chi connectivity index (χ2v) is 3.64. The highest BCUT2D eigenvalue weighted by atomic mass is 31.1. The van der Waals surface area contributed by atoms with E-state index in [4.69, 9.17) is 4.74 Å². The molecule has 0 heterocycles. The number of esters is 1. The molecule has 0 aliphatic rings. The van der Waals surface area contributed by atoms with Crippen molar-refractivity contribution in [3.05, 3.63) is 42.5 Å². The standard InChI is InChI=1S/C12H11O5P/c1-2-11(13)16-10-5-3-4-9(8-10)6-7-12(14)17-18-15/h2-5,8H,1,6-7H2. The normalized spacial score (nSPS) is 9.78. The van der Waals surface area contributed by atoms with Crippen molar-refractivity contribution in [2.24, 2.45) is 0 Å². The predicted molar refractivity (Wildman–Crippen MR) is 64.3 cm³/mol. The van der Waals surface area contributed by atoms with E-state index in [9.17, 15) is 14.2 Å². The first kappa shape index (κ1) is 14.1. The molecule has 94 valence electrons. The van der Waals surface area contributed by atoms with Crippen LogP contribution in [0.2, 0.25) is 0 Å². The number of hydrogen-bond acceptors (Lipinski definition) is 5. The third kappa shape index (κ3) is 4.89. The Bertz CT molecular complexity index is 469. The van der Waals surface area contributed by atoms with E-state index >= 15 is 0 Å². The van der Waals surface area contributed by atoms with Crippen molar-refractivity contribution < 1.29 is 23.4 Å². The van der Waals surface area contributed by atoms with Gasteiger partial charge in [-0.2, -0.15) is 0 Å². The molecule has 18 heavy (non-hydrogen) atoms. The lowest BCUT2D eigenvalue weighted by Crippen LogP contribution is -2.04. The number of aryl methyl sites for hydroxylation is 1. The Labute approximate surface area is 106 Å². The number of carbonyl (C=O) groups excluding carboxylic acids is 2. The van der Waals surface area contributed by atoms with Gasteiger partial charge in [0.05, 0.1) is 6.42 Å². The molecule has 0 amide bonds. The van der Waals surface area contributed by atoms with Crippen LogP contribution in [0, 0.1) is 0 Å². The van der Waals surface area contributed by atoms with Gasteiger partial charge >= 0.3 is 20.6 Å². The first-order chi connectivity index (χ1) is 8.65. The molecule has 0 unspecified atom stereocenters. The lowest BCUT2D eigenvalue weighted by molar-refractivity contribution is -0.133. The van der Waals surface area contributed by atoms with Gasteiger partial charge in [0.2, 0.25) is 0 Å². The quantitative estimate of drug-likeness (QED) is 0.342. The zero-order chi connectivity index (χ0) is 13.4. The van der Waals surface area contributed by atoms with E-state index < -0.39 is 20.6 Å². The minimum atomic E-state index is -0.650. The summed E-state index contributed by atoms with van der Waals surface area (Å²) in [7, 11) is -0.650. The van der Waals surface area contributed by atoms with E-state index in [2.05, 4.69) is 11.1 Å². The van der Waals surface area contributed by atoms with Gasteiger partial charge in [0.25, 0.3) is 0 Å². The number of carbonyl (C=O) groups is 2. The fraction of sp³-hybridized carbons (Fsp3) is 0.167. The Kier molecular flexibility index (Phi) is 5.74. The summed E-state index contributed by atoms with van der Waals surface area (Å²) in [6.45, 7) is 3.29. The Morgan fingerprint density at radius 2 is 2.17 bits per heavy atom. The second kappa shape index (κ2) is 7.35. The summed E-state index contributed by atoms with van der Waals surface area (Å²) in [5.41, 5.74) is 0.809. The lowest BCUT2D eigenvalue weighted by atomic mass is 10.1. The molecule has 0 fully saturated rings. The molecular weight excluding hydrogens is 255 g/mol. The highest BCUT2D eigenvalue weighted by Crippen LogP contribution is 2.15. The summed E-state index contributed by atoms with van der Waals surface area (Å²) in [6, 6.07) is 6.76. The Balaban J connectivity index is 2.59. The largest absolute Gasteiger partial charge is 0.423 e. The lowest BCUT2D eigenvalue weighted by Gasteiger charge is -2.04. The maximum Gasteiger partial charge on any atom is 0.398 e. The minimum absolute atomic E-state index is 0.105. The van der Waals surface area contributed by atoms with Crippen LogP contribution in [0.5, 0.6) is 5.75 Å². The van der Waals surface area contributed by atoms with Gasteiger partial charge in [0.1, 0.15) is 5.75 Å². The highest BCUT2D eigenvalue weighted by molar-refractivity contribution is 7.18. The van der Waals surface area contributed by atoms with E-state index in [0.29, 0.717) is 12.2 Å². The van der Waals surface area contributed by atoms with Gasteiger partial charge < -0.3 is 9.26 Å². The first-order valence-electron chi connectivity index (χ1n) is 5.11. The number of benzene rings is 1. The van der Waals surface area contributed by atoms with Gasteiger partial charge in [0, 0.05) is 6.08 Å². The molecule has 0 aliphatic carbocycles. The van der Waals surface area contributed by atoms with E-state index in [1.807, 2.05) is 0 Å². The average Bonchev–Trinajstić information content (AvgIpc) is 2.37. The summed E-state index contributed by atoms with van der Waals surface area (Å²) < 4.78 is 19.2. The van der Waals surface area contributed by atoms with Gasteiger partial charge in [-0.1, -0.05) is 18.7 Å². The van der Waals surface area contributed by atoms with Crippen molar-refractivity contribution in [2.45, 2.75) is 12.8 Å². The van der Waals surface area contributed by atoms with E-state index in [1.165, 1.54) is 0 Å². The average molecular weight is 266 g/mol. The summed E-state index contributed by atoms with van der Waals surface area (Å²) in [4.78, 5) is 22.0. The zero-order valence-corrected chi connectivity index (χ0v) is 10.4. The topological polar surface area (TPSA) is 69.7 Å². The molecular formula is C12H11O5P. The van der Waals surface area contributed by atoms with Crippen LogP contribution in [0.15, 0.2) is 36.9 Å². The fourth-order valence-corrected chi connectivity index (χ4v) is 1.43. The van der Waals surface area contributed by atoms with E-state index in [-0.39, 0.29) is 6.42 Å². The molecule has 1 aromatic rings. The van der Waals surface area contributed by atoms with Gasteiger partial charge in [-0.15, -0.1) is 0 Å². The van der Waals surface area contributed by atoms with Crippen LogP contribution in [0.25, 0.3) is 0 Å². The predicted octanol–water partition coefficient (Wildman–Crippen LogP) is 2.46. The molecule has 0 saturated heterocycles. The molecule has 0 spiro atoms. The smallest absolute Gasteiger partial charge is 0.398 e. The van der Waals surface area contributed by atoms with Crippen molar-refractivity contribution in [1.82, 2.24) is 0 Å². The number of rotatable bonds is 6. The molecule has 1 aromatic carbocycles. The van der Waals surface area contributed by atoms with Crippen molar-refractivity contribution in [1.29, 1.82) is 0 Å². The van der Waals surface area contributed by atoms with Gasteiger partial charge in [-0.3, -0.25) is 4.79 Å². The van der Waals surface area contributed by atoms with Gasteiger partial charge in [0.15, 0.2) is 0 Å². The number of hydrogen-bond donors (Lipinski definition) is 0. The van der Waals surface area contributed by atoms with Crippen LogP contribution >= 0.6 is 8.69 Å². The molecule has 0 aromatic heterocycles. The minimum Gasteiger partial charge on any atom is -0.423 e. The molecule has 1 rings (SSSR count). The zero-order valence-electron chi connectivity index (χ0n) is 9.50. The Hall–Kier alpha value is -2.00. The fourth-order valence-electron chi connectivity index (χ4n) is 1.26. The molecule has 0 N–H and O–H groups in total. The SMILES string of the molecule is C=CC(=O)Oc1cccc(CCC(=O)OP=O)c1. The summed E-state index contributed by atoms with van der Waals surface area (Å²) in [5.74, 6) is -0.718. The third-order valence-electron chi connectivity index (χ3n) is 2.04. The molecule has 0 aliphatic heterocycles. The molecule has 6 heteroatoms. The van der Waals surface area contributed by atoms with Gasteiger partial charge in [-0.25, -0.2) is 9.36 Å². The summed E-state index contributed by atoms with van der Waals surface area (Å²) in [6.07, 6.45) is 1.58. The molecule has 0 bridgehead atoms. The highest BCUT2D eigenvalue weighted by Gasteiger charge is 2.05. The van der Waals surface area contributed by atoms with Crippen LogP contribution in [0.4, 0.5) is 0 Å². The van der Waals surface area contributed by atoms with Crippen LogP contribution < -0.4 is 4.74 Å². The van der Waals surface area contributed by atoms with Crippen LogP contribution in [-0.4, -0.2) is 11.9 Å². The summed E-state index contributed by atoms with van der Waals surface area (Å²) in [5, 5.41) is 0. The molecule has 0 atom stereocenters. The van der Waals surface area contributed by atoms with Crippen molar-refractivity contribution >= 4 is 20.6 Å². The third-order valence-corrected chi connectivity index (χ3v) is 2.32. The molecule has 0 saturated carbocycles. The Morgan fingerprint density at radius 1 is 1.39 bits per heavy atom. The summed E-state index contributed by atoms with van der Waals surface area (Å²) >= 11 is 0. The van der Waals surface area contributed by atoms with E-state index in [1.54, 1.807) is 24.3 Å². The maximum atomic E-state index is 11.0.